The van der Waals surface area contributed by atoms with E-state index in [1.54, 1.807) is 0 Å². The minimum atomic E-state index is -1.22. The molecule has 0 radical (unpaired) electrons. The van der Waals surface area contributed by atoms with E-state index in [0.29, 0.717) is 0 Å². The molecule has 21 heavy (non-hydrogen) atoms. The highest BCUT2D eigenvalue weighted by molar-refractivity contribution is 5.81. The predicted molar refractivity (Wildman–Crippen MR) is 77.6 cm³/mol. The van der Waals surface area contributed by atoms with Gasteiger partial charge in [0.2, 0.25) is 5.91 Å². The quantitative estimate of drug-likeness (QED) is 0.536. The Morgan fingerprint density at radius 1 is 1.24 bits per heavy atom. The van der Waals surface area contributed by atoms with Crippen LogP contribution < -0.4 is 11.1 Å². The summed E-state index contributed by atoms with van der Waals surface area (Å²) in [5.41, 5.74) is 4.96. The average molecular weight is 302 g/mol. The van der Waals surface area contributed by atoms with Crippen molar-refractivity contribution in [2.75, 3.05) is 6.61 Å². The molecule has 7 heteroatoms. The van der Waals surface area contributed by atoms with Gasteiger partial charge in [-0.2, -0.15) is 0 Å². The maximum Gasteiger partial charge on any atom is 0.407 e. The number of hydrogen-bond donors (Lipinski definition) is 3. The fourth-order valence-electron chi connectivity index (χ4n) is 1.82. The summed E-state index contributed by atoms with van der Waals surface area (Å²) in [6, 6.07) is -1.17. The molecule has 0 saturated heterocycles. The molecule has 0 aliphatic heterocycles. The van der Waals surface area contributed by atoms with E-state index in [2.05, 4.69) is 12.2 Å². The maximum atomic E-state index is 11.6. The Bertz CT molecular complexity index is 346. The highest BCUT2D eigenvalue weighted by atomic mass is 16.5. The van der Waals surface area contributed by atoms with E-state index in [1.807, 2.05) is 6.92 Å². The number of alkyl carbamates (subject to hydrolysis) is 1. The van der Waals surface area contributed by atoms with Crippen LogP contribution in [-0.4, -0.2) is 35.7 Å². The first kappa shape index (κ1) is 19.2. The van der Waals surface area contributed by atoms with E-state index < -0.39 is 24.0 Å². The molecule has 0 aromatic heterocycles. The predicted octanol–water partition coefficient (Wildman–Crippen LogP) is 1.65. The topological polar surface area (TPSA) is 119 Å². The molecule has 2 atom stereocenters. The van der Waals surface area contributed by atoms with Gasteiger partial charge in [0, 0.05) is 6.42 Å². The Labute approximate surface area is 125 Å². The van der Waals surface area contributed by atoms with Crippen LogP contribution >= 0.6 is 0 Å². The number of amides is 2. The molecule has 0 fully saturated rings. The number of carbonyl (C=O) groups excluding carboxylic acids is 2. The first-order valence-corrected chi connectivity index (χ1v) is 7.35. The molecular formula is C14H26N2O5. The van der Waals surface area contributed by atoms with Crippen LogP contribution in [0, 0.1) is 5.92 Å². The molecule has 4 N–H and O–H groups in total. The molecule has 0 aliphatic carbocycles. The van der Waals surface area contributed by atoms with Crippen molar-refractivity contribution in [1.29, 1.82) is 0 Å². The second-order valence-corrected chi connectivity index (χ2v) is 5.06. The van der Waals surface area contributed by atoms with Crippen LogP contribution in [0.5, 0.6) is 0 Å². The van der Waals surface area contributed by atoms with Crippen LogP contribution in [0.4, 0.5) is 4.79 Å². The van der Waals surface area contributed by atoms with E-state index in [9.17, 15) is 14.4 Å². The molecule has 0 aromatic carbocycles. The number of aliphatic carboxylic acids is 1. The zero-order valence-electron chi connectivity index (χ0n) is 12.8. The Hall–Kier alpha value is -1.79. The number of nitrogens with one attached hydrogen (secondary N) is 1. The normalized spacial score (nSPS) is 13.2. The summed E-state index contributed by atoms with van der Waals surface area (Å²) in [4.78, 5) is 33.2. The highest BCUT2D eigenvalue weighted by Crippen LogP contribution is 2.12. The Kier molecular flexibility index (Phi) is 10.0. The molecule has 0 bridgehead atoms. The molecule has 0 spiro atoms. The zero-order chi connectivity index (χ0) is 16.3. The minimum Gasteiger partial charge on any atom is -0.480 e. The largest absolute Gasteiger partial charge is 0.480 e. The highest BCUT2D eigenvalue weighted by Gasteiger charge is 2.21. The number of unbranched alkanes of at least 4 members (excludes halogenated alkanes) is 1. The number of carboxylic acids is 1. The summed E-state index contributed by atoms with van der Waals surface area (Å²) in [7, 11) is 0. The van der Waals surface area contributed by atoms with E-state index in [1.165, 1.54) is 0 Å². The lowest BCUT2D eigenvalue weighted by molar-refractivity contribution is -0.139. The van der Waals surface area contributed by atoms with Gasteiger partial charge in [-0.3, -0.25) is 4.79 Å². The number of ether oxygens (including phenoxy) is 1. The summed E-state index contributed by atoms with van der Waals surface area (Å²) >= 11 is 0. The molecule has 0 rings (SSSR count). The van der Waals surface area contributed by atoms with Crippen molar-refractivity contribution < 1.29 is 24.2 Å². The van der Waals surface area contributed by atoms with Crippen LogP contribution in [0.3, 0.4) is 0 Å². The monoisotopic (exact) mass is 302 g/mol. The van der Waals surface area contributed by atoms with Gasteiger partial charge in [-0.25, -0.2) is 9.59 Å². The first-order chi connectivity index (χ1) is 9.90. The van der Waals surface area contributed by atoms with Gasteiger partial charge < -0.3 is 20.9 Å². The average Bonchev–Trinajstić information content (AvgIpc) is 2.43. The molecule has 0 aromatic rings. The van der Waals surface area contributed by atoms with Crippen LogP contribution in [0.1, 0.15) is 52.4 Å². The molecule has 0 aliphatic rings. The van der Waals surface area contributed by atoms with Crippen LogP contribution in [0.25, 0.3) is 0 Å². The van der Waals surface area contributed by atoms with Crippen molar-refractivity contribution in [1.82, 2.24) is 5.32 Å². The third-order valence-corrected chi connectivity index (χ3v) is 3.26. The Balaban J connectivity index is 4.18. The van der Waals surface area contributed by atoms with Gasteiger partial charge in [-0.05, 0) is 18.8 Å². The van der Waals surface area contributed by atoms with Gasteiger partial charge >= 0.3 is 12.1 Å². The van der Waals surface area contributed by atoms with Gasteiger partial charge in [0.15, 0.2) is 0 Å². The van der Waals surface area contributed by atoms with E-state index >= 15 is 0 Å². The number of carbonyl (C=O) groups is 3. The lowest BCUT2D eigenvalue weighted by Crippen LogP contribution is -2.42. The van der Waals surface area contributed by atoms with Gasteiger partial charge in [0.25, 0.3) is 0 Å². The van der Waals surface area contributed by atoms with Crippen molar-refractivity contribution in [3.63, 3.8) is 0 Å². The summed E-state index contributed by atoms with van der Waals surface area (Å²) in [5.74, 6) is -1.54. The summed E-state index contributed by atoms with van der Waals surface area (Å²) in [5, 5.41) is 11.2. The van der Waals surface area contributed by atoms with E-state index in [4.69, 9.17) is 15.6 Å². The lowest BCUT2D eigenvalue weighted by Gasteiger charge is -2.17. The van der Waals surface area contributed by atoms with Gasteiger partial charge in [-0.1, -0.05) is 33.1 Å². The standard InChI is InChI=1S/C14H26N2O5/c1-3-5-6-10(4-2)9-21-14(20)16-11(13(18)19)7-8-12(15)17/h10-11H,3-9H2,1-2H3,(H2,15,17)(H,16,20)(H,18,19)/t10?,11-/m0/s1. The molecule has 2 amide bonds. The van der Waals surface area contributed by atoms with Crippen molar-refractivity contribution in [2.45, 2.75) is 58.4 Å². The van der Waals surface area contributed by atoms with Crippen molar-refractivity contribution in [3.05, 3.63) is 0 Å². The third-order valence-electron chi connectivity index (χ3n) is 3.26. The van der Waals surface area contributed by atoms with Crippen LogP contribution in [0.2, 0.25) is 0 Å². The Morgan fingerprint density at radius 3 is 2.38 bits per heavy atom. The van der Waals surface area contributed by atoms with Gasteiger partial charge in [-0.15, -0.1) is 0 Å². The fraction of sp³-hybridized carbons (Fsp3) is 0.786. The second kappa shape index (κ2) is 10.9. The number of primary amides is 1. The fourth-order valence-corrected chi connectivity index (χ4v) is 1.82. The van der Waals surface area contributed by atoms with Crippen molar-refractivity contribution in [3.8, 4) is 0 Å². The number of hydrogen-bond acceptors (Lipinski definition) is 4. The molecule has 7 nitrogen and oxygen atoms in total. The molecule has 0 heterocycles. The van der Waals surface area contributed by atoms with E-state index in [-0.39, 0.29) is 25.4 Å². The summed E-state index contributed by atoms with van der Waals surface area (Å²) < 4.78 is 5.05. The number of rotatable bonds is 11. The van der Waals surface area contributed by atoms with Crippen molar-refractivity contribution >= 4 is 18.0 Å². The Morgan fingerprint density at radius 2 is 1.90 bits per heavy atom. The molecule has 122 valence electrons. The van der Waals surface area contributed by atoms with Crippen LogP contribution in [-0.2, 0) is 14.3 Å². The maximum absolute atomic E-state index is 11.6. The third kappa shape index (κ3) is 9.70. The number of carboxylic acid groups (broad SMARTS) is 1. The molecular weight excluding hydrogens is 276 g/mol. The van der Waals surface area contributed by atoms with Gasteiger partial charge in [0.05, 0.1) is 6.61 Å². The zero-order valence-corrected chi connectivity index (χ0v) is 12.8. The van der Waals surface area contributed by atoms with E-state index in [0.717, 1.165) is 25.7 Å². The summed E-state index contributed by atoms with van der Waals surface area (Å²) in [6.45, 7) is 4.38. The second-order valence-electron chi connectivity index (χ2n) is 5.06. The SMILES string of the molecule is CCCCC(CC)COC(=O)N[C@@H](CCC(N)=O)C(=O)O. The number of nitrogens with two attached hydrogens (primary N) is 1. The lowest BCUT2D eigenvalue weighted by atomic mass is 10.0. The molecule has 0 saturated carbocycles. The van der Waals surface area contributed by atoms with Crippen molar-refractivity contribution in [2.24, 2.45) is 11.7 Å². The summed E-state index contributed by atoms with van der Waals surface area (Å²) in [6.07, 6.45) is 3.10. The first-order valence-electron chi connectivity index (χ1n) is 7.35. The smallest absolute Gasteiger partial charge is 0.407 e. The molecule has 1 unspecified atom stereocenters. The minimum absolute atomic E-state index is 0.0488. The van der Waals surface area contributed by atoms with Gasteiger partial charge in [0.1, 0.15) is 6.04 Å². The van der Waals surface area contributed by atoms with Crippen LogP contribution in [0.15, 0.2) is 0 Å².